The van der Waals surface area contributed by atoms with Crippen molar-refractivity contribution in [1.82, 2.24) is 5.32 Å². The second-order valence-corrected chi connectivity index (χ2v) is 4.65. The minimum Gasteiger partial charge on any atom is -0.352 e. The van der Waals surface area contributed by atoms with Crippen LogP contribution in [0, 0.1) is 11.7 Å². The highest BCUT2D eigenvalue weighted by Crippen LogP contribution is 2.15. The quantitative estimate of drug-likeness (QED) is 0.850. The molecule has 1 unspecified atom stereocenters. The van der Waals surface area contributed by atoms with E-state index >= 15 is 0 Å². The molecule has 1 rings (SSSR count). The first-order valence-electron chi connectivity index (χ1n) is 4.83. The van der Waals surface area contributed by atoms with Crippen molar-refractivity contribution in [1.29, 1.82) is 0 Å². The van der Waals surface area contributed by atoms with Crippen molar-refractivity contribution in [3.63, 3.8) is 0 Å². The fourth-order valence-corrected chi connectivity index (χ4v) is 1.47. The van der Waals surface area contributed by atoms with E-state index in [9.17, 15) is 9.18 Å². The van der Waals surface area contributed by atoms with Crippen LogP contribution in [0.5, 0.6) is 0 Å². The maximum atomic E-state index is 12.9. The lowest BCUT2D eigenvalue weighted by Gasteiger charge is -2.09. The fraction of sp³-hybridized carbons (Fsp3) is 0.364. The first-order valence-corrected chi connectivity index (χ1v) is 6.33. The van der Waals surface area contributed by atoms with E-state index in [2.05, 4.69) is 21.2 Å². The highest BCUT2D eigenvalue weighted by Gasteiger charge is 2.09. The van der Waals surface area contributed by atoms with Crippen molar-refractivity contribution in [2.45, 2.75) is 6.92 Å². The number of nitrogens with one attached hydrogen (secondary N) is 1. The van der Waals surface area contributed by atoms with Gasteiger partial charge in [-0.05, 0) is 24.1 Å². The third-order valence-corrected chi connectivity index (χ3v) is 3.45. The lowest BCUT2D eigenvalue weighted by Crippen LogP contribution is -2.28. The predicted octanol–water partition coefficient (Wildman–Crippen LogP) is 3.24. The summed E-state index contributed by atoms with van der Waals surface area (Å²) in [6.45, 7) is 2.58. The Morgan fingerprint density at radius 1 is 1.62 bits per heavy atom. The Morgan fingerprint density at radius 3 is 2.88 bits per heavy atom. The van der Waals surface area contributed by atoms with Crippen LogP contribution in [0.4, 0.5) is 4.39 Å². The van der Waals surface area contributed by atoms with Crippen molar-refractivity contribution in [2.75, 3.05) is 11.9 Å². The van der Waals surface area contributed by atoms with Crippen LogP contribution in [0.3, 0.4) is 0 Å². The number of rotatable bonds is 4. The lowest BCUT2D eigenvalue weighted by atomic mass is 10.2. The Hall–Kier alpha value is -0.610. The van der Waals surface area contributed by atoms with E-state index < -0.39 is 5.82 Å². The first kappa shape index (κ1) is 13.5. The molecular weight excluding hydrogens is 296 g/mol. The summed E-state index contributed by atoms with van der Waals surface area (Å²) in [4.78, 5) is 11.6. The molecule has 0 fully saturated rings. The molecule has 0 radical (unpaired) electrons. The van der Waals surface area contributed by atoms with Gasteiger partial charge in [-0.2, -0.15) is 0 Å². The van der Waals surface area contributed by atoms with E-state index in [0.29, 0.717) is 18.0 Å². The van der Waals surface area contributed by atoms with E-state index in [1.807, 2.05) is 6.92 Å². The molecule has 88 valence electrons. The number of benzene rings is 1. The number of hydrogen-bond acceptors (Lipinski definition) is 1. The molecule has 0 aliphatic carbocycles. The van der Waals surface area contributed by atoms with Gasteiger partial charge in [-0.25, -0.2) is 4.39 Å². The minimum absolute atomic E-state index is 0.0406. The van der Waals surface area contributed by atoms with Crippen molar-refractivity contribution >= 4 is 33.4 Å². The third-order valence-electron chi connectivity index (χ3n) is 2.06. The summed E-state index contributed by atoms with van der Waals surface area (Å²) in [5.41, 5.74) is 0.369. The average molecular weight is 309 g/mol. The van der Waals surface area contributed by atoms with Crippen molar-refractivity contribution in [3.8, 4) is 0 Å². The molecule has 1 N–H and O–H groups in total. The number of alkyl halides is 1. The molecule has 0 aliphatic rings. The lowest BCUT2D eigenvalue weighted by molar-refractivity contribution is 0.0949. The second-order valence-electron chi connectivity index (χ2n) is 3.60. The summed E-state index contributed by atoms with van der Waals surface area (Å²) in [5, 5.41) is 3.52. The molecule has 0 spiro atoms. The number of amides is 1. The molecule has 5 heteroatoms. The maximum Gasteiger partial charge on any atom is 0.251 e. The normalized spacial score (nSPS) is 12.2. The molecular formula is C11H12BrClFNO. The van der Waals surface area contributed by atoms with Gasteiger partial charge in [0.05, 0.1) is 5.02 Å². The zero-order valence-corrected chi connectivity index (χ0v) is 11.1. The summed E-state index contributed by atoms with van der Waals surface area (Å²) >= 11 is 8.91. The van der Waals surface area contributed by atoms with Crippen LogP contribution in [-0.4, -0.2) is 17.8 Å². The summed E-state index contributed by atoms with van der Waals surface area (Å²) in [5.74, 6) is -0.415. The van der Waals surface area contributed by atoms with Crippen LogP contribution in [0.25, 0.3) is 0 Å². The Bertz CT molecular complexity index is 386. The van der Waals surface area contributed by atoms with Gasteiger partial charge < -0.3 is 5.32 Å². The molecule has 1 aromatic rings. The third kappa shape index (κ3) is 3.76. The predicted molar refractivity (Wildman–Crippen MR) is 66.7 cm³/mol. The van der Waals surface area contributed by atoms with Crippen molar-refractivity contribution in [3.05, 3.63) is 34.6 Å². The standard InChI is InChI=1S/C11H12BrClFNO/c1-7(5-12)6-15-11(16)8-2-3-10(14)9(13)4-8/h2-4,7H,5-6H2,1H3,(H,15,16). The van der Waals surface area contributed by atoms with Gasteiger partial charge in [-0.1, -0.05) is 34.5 Å². The molecule has 1 atom stereocenters. The Balaban J connectivity index is 2.63. The van der Waals surface area contributed by atoms with Gasteiger partial charge in [-0.15, -0.1) is 0 Å². The van der Waals surface area contributed by atoms with E-state index in [1.165, 1.54) is 18.2 Å². The van der Waals surface area contributed by atoms with Crippen molar-refractivity contribution in [2.24, 2.45) is 5.92 Å². The molecule has 0 aromatic heterocycles. The van der Waals surface area contributed by atoms with Gasteiger partial charge in [0.15, 0.2) is 0 Å². The van der Waals surface area contributed by atoms with E-state index in [1.54, 1.807) is 0 Å². The molecule has 2 nitrogen and oxygen atoms in total. The van der Waals surface area contributed by atoms with Crippen LogP contribution in [-0.2, 0) is 0 Å². The van der Waals surface area contributed by atoms with E-state index in [4.69, 9.17) is 11.6 Å². The maximum absolute atomic E-state index is 12.9. The van der Waals surface area contributed by atoms with Crippen LogP contribution < -0.4 is 5.32 Å². The summed E-state index contributed by atoms with van der Waals surface area (Å²) in [6, 6.07) is 3.92. The van der Waals surface area contributed by atoms with Gasteiger partial charge in [0, 0.05) is 17.4 Å². The molecule has 0 heterocycles. The van der Waals surface area contributed by atoms with E-state index in [0.717, 1.165) is 5.33 Å². The number of hydrogen-bond donors (Lipinski definition) is 1. The van der Waals surface area contributed by atoms with Gasteiger partial charge in [0.25, 0.3) is 5.91 Å². The van der Waals surface area contributed by atoms with E-state index in [-0.39, 0.29) is 10.9 Å². The van der Waals surface area contributed by atoms with Crippen LogP contribution in [0.1, 0.15) is 17.3 Å². The molecule has 1 amide bonds. The fourth-order valence-electron chi connectivity index (χ4n) is 1.06. The second kappa shape index (κ2) is 6.21. The average Bonchev–Trinajstić information content (AvgIpc) is 2.29. The SMILES string of the molecule is CC(CBr)CNC(=O)c1ccc(F)c(Cl)c1. The number of carbonyl (C=O) groups is 1. The Morgan fingerprint density at radius 2 is 2.31 bits per heavy atom. The molecule has 0 saturated heterocycles. The van der Waals surface area contributed by atoms with Crippen LogP contribution in [0.15, 0.2) is 18.2 Å². The molecule has 1 aromatic carbocycles. The summed E-state index contributed by atoms with van der Waals surface area (Å²) in [7, 11) is 0. The Labute approximate surface area is 107 Å². The van der Waals surface area contributed by atoms with Crippen LogP contribution in [0.2, 0.25) is 5.02 Å². The molecule has 0 bridgehead atoms. The molecule has 0 aliphatic heterocycles. The van der Waals surface area contributed by atoms with Gasteiger partial charge >= 0.3 is 0 Å². The smallest absolute Gasteiger partial charge is 0.251 e. The van der Waals surface area contributed by atoms with Crippen LogP contribution >= 0.6 is 27.5 Å². The zero-order chi connectivity index (χ0) is 12.1. The summed E-state index contributed by atoms with van der Waals surface area (Å²) in [6.07, 6.45) is 0. The number of halogens is 3. The topological polar surface area (TPSA) is 29.1 Å². The summed E-state index contributed by atoms with van der Waals surface area (Å²) < 4.78 is 12.9. The first-order chi connectivity index (χ1) is 7.54. The zero-order valence-electron chi connectivity index (χ0n) is 8.77. The number of carbonyl (C=O) groups excluding carboxylic acids is 1. The highest BCUT2D eigenvalue weighted by atomic mass is 79.9. The van der Waals surface area contributed by atoms with Gasteiger partial charge in [0.1, 0.15) is 5.82 Å². The van der Waals surface area contributed by atoms with Gasteiger partial charge in [0.2, 0.25) is 0 Å². The molecule has 0 saturated carbocycles. The highest BCUT2D eigenvalue weighted by molar-refractivity contribution is 9.09. The van der Waals surface area contributed by atoms with Gasteiger partial charge in [-0.3, -0.25) is 4.79 Å². The molecule has 16 heavy (non-hydrogen) atoms. The minimum atomic E-state index is -0.521. The largest absolute Gasteiger partial charge is 0.352 e. The van der Waals surface area contributed by atoms with Crippen molar-refractivity contribution < 1.29 is 9.18 Å². The monoisotopic (exact) mass is 307 g/mol. The Kier molecular flexibility index (Phi) is 5.22.